The molecule has 0 bridgehead atoms. The smallest absolute Gasteiger partial charge is 0.0753 e. The van der Waals surface area contributed by atoms with Gasteiger partial charge < -0.3 is 5.11 Å². The van der Waals surface area contributed by atoms with E-state index in [9.17, 15) is 5.11 Å². The zero-order valence-electron chi connectivity index (χ0n) is 6.85. The van der Waals surface area contributed by atoms with Crippen molar-refractivity contribution in [2.45, 2.75) is 45.1 Å². The van der Waals surface area contributed by atoms with Gasteiger partial charge in [-0.2, -0.15) is 0 Å². The lowest BCUT2D eigenvalue weighted by molar-refractivity contribution is 0.0319. The number of hydrogen-bond donors (Lipinski definition) is 1. The SMILES string of the molecule is C#CCC(O)(CC)CCC. The van der Waals surface area contributed by atoms with E-state index in [2.05, 4.69) is 12.8 Å². The van der Waals surface area contributed by atoms with E-state index in [1.807, 2.05) is 6.92 Å². The molecule has 0 rings (SSSR count). The molecule has 1 N–H and O–H groups in total. The van der Waals surface area contributed by atoms with Crippen molar-refractivity contribution in [1.82, 2.24) is 0 Å². The Labute approximate surface area is 63.5 Å². The van der Waals surface area contributed by atoms with Crippen molar-refractivity contribution < 1.29 is 5.11 Å². The van der Waals surface area contributed by atoms with Crippen LogP contribution in [-0.4, -0.2) is 10.7 Å². The summed E-state index contributed by atoms with van der Waals surface area (Å²) in [5, 5.41) is 9.68. The topological polar surface area (TPSA) is 20.2 Å². The van der Waals surface area contributed by atoms with Crippen molar-refractivity contribution in [2.24, 2.45) is 0 Å². The second kappa shape index (κ2) is 4.35. The van der Waals surface area contributed by atoms with Crippen molar-refractivity contribution in [3.05, 3.63) is 0 Å². The van der Waals surface area contributed by atoms with E-state index in [0.29, 0.717) is 6.42 Å². The van der Waals surface area contributed by atoms with E-state index < -0.39 is 5.60 Å². The van der Waals surface area contributed by atoms with Gasteiger partial charge in [0.1, 0.15) is 0 Å². The molecule has 1 nitrogen and oxygen atoms in total. The van der Waals surface area contributed by atoms with E-state index in [1.165, 1.54) is 0 Å². The summed E-state index contributed by atoms with van der Waals surface area (Å²) in [7, 11) is 0. The lowest BCUT2D eigenvalue weighted by Crippen LogP contribution is -2.26. The summed E-state index contributed by atoms with van der Waals surface area (Å²) in [6.45, 7) is 4.02. The first kappa shape index (κ1) is 9.52. The molecule has 0 saturated heterocycles. The Morgan fingerprint density at radius 2 is 2.10 bits per heavy atom. The molecule has 0 amide bonds. The van der Waals surface area contributed by atoms with Gasteiger partial charge in [0, 0.05) is 6.42 Å². The quantitative estimate of drug-likeness (QED) is 0.592. The van der Waals surface area contributed by atoms with Crippen LogP contribution in [0.1, 0.15) is 39.5 Å². The molecule has 10 heavy (non-hydrogen) atoms. The molecule has 1 unspecified atom stereocenters. The summed E-state index contributed by atoms with van der Waals surface area (Å²) >= 11 is 0. The summed E-state index contributed by atoms with van der Waals surface area (Å²) in [6, 6.07) is 0. The number of terminal acetylenes is 1. The molecular formula is C9H16O. The summed E-state index contributed by atoms with van der Waals surface area (Å²) in [5.74, 6) is 2.49. The minimum Gasteiger partial charge on any atom is -0.389 e. The highest BCUT2D eigenvalue weighted by atomic mass is 16.3. The molecule has 0 fully saturated rings. The van der Waals surface area contributed by atoms with Gasteiger partial charge >= 0.3 is 0 Å². The third kappa shape index (κ3) is 2.89. The van der Waals surface area contributed by atoms with Crippen LogP contribution in [0.3, 0.4) is 0 Å². The minimum absolute atomic E-state index is 0.483. The maximum absolute atomic E-state index is 9.68. The van der Waals surface area contributed by atoms with Crippen LogP contribution in [0, 0.1) is 12.3 Å². The second-order valence-corrected chi connectivity index (χ2v) is 2.71. The molecule has 1 heteroatoms. The highest BCUT2D eigenvalue weighted by Crippen LogP contribution is 2.20. The molecule has 0 heterocycles. The van der Waals surface area contributed by atoms with Gasteiger partial charge in [0.05, 0.1) is 5.60 Å². The van der Waals surface area contributed by atoms with Gasteiger partial charge in [0.25, 0.3) is 0 Å². The molecular weight excluding hydrogens is 124 g/mol. The fourth-order valence-corrected chi connectivity index (χ4v) is 1.05. The molecule has 0 aliphatic heterocycles. The molecule has 0 aromatic rings. The van der Waals surface area contributed by atoms with Gasteiger partial charge in [-0.1, -0.05) is 20.3 Å². The van der Waals surface area contributed by atoms with Crippen molar-refractivity contribution in [3.8, 4) is 12.3 Å². The van der Waals surface area contributed by atoms with Crippen molar-refractivity contribution in [2.75, 3.05) is 0 Å². The van der Waals surface area contributed by atoms with Crippen molar-refractivity contribution in [3.63, 3.8) is 0 Å². The van der Waals surface area contributed by atoms with Crippen LogP contribution in [0.4, 0.5) is 0 Å². The number of rotatable bonds is 4. The Balaban J connectivity index is 3.84. The summed E-state index contributed by atoms with van der Waals surface area (Å²) in [5.41, 5.74) is -0.594. The molecule has 0 aliphatic carbocycles. The van der Waals surface area contributed by atoms with E-state index in [-0.39, 0.29) is 0 Å². The van der Waals surface area contributed by atoms with Gasteiger partial charge in [-0.25, -0.2) is 0 Å². The van der Waals surface area contributed by atoms with Gasteiger partial charge in [0.15, 0.2) is 0 Å². The predicted octanol–water partition coefficient (Wildman–Crippen LogP) is 1.95. The van der Waals surface area contributed by atoms with Gasteiger partial charge in [-0.05, 0) is 12.8 Å². The molecule has 58 valence electrons. The molecule has 1 atom stereocenters. The van der Waals surface area contributed by atoms with E-state index >= 15 is 0 Å². The molecule has 0 aromatic carbocycles. The minimum atomic E-state index is -0.594. The molecule has 0 saturated carbocycles. The van der Waals surface area contributed by atoms with Crippen LogP contribution in [0.25, 0.3) is 0 Å². The van der Waals surface area contributed by atoms with E-state index in [0.717, 1.165) is 19.3 Å². The molecule has 0 aliphatic rings. The van der Waals surface area contributed by atoms with E-state index in [1.54, 1.807) is 0 Å². The number of aliphatic hydroxyl groups is 1. The highest BCUT2D eigenvalue weighted by Gasteiger charge is 2.21. The molecule has 0 spiro atoms. The van der Waals surface area contributed by atoms with Gasteiger partial charge in [-0.15, -0.1) is 12.3 Å². The van der Waals surface area contributed by atoms with E-state index in [4.69, 9.17) is 6.42 Å². The fourth-order valence-electron chi connectivity index (χ4n) is 1.05. The highest BCUT2D eigenvalue weighted by molar-refractivity contribution is 4.94. The largest absolute Gasteiger partial charge is 0.389 e. The zero-order chi connectivity index (χ0) is 8.04. The second-order valence-electron chi connectivity index (χ2n) is 2.71. The van der Waals surface area contributed by atoms with Crippen molar-refractivity contribution in [1.29, 1.82) is 0 Å². The molecule has 0 aromatic heterocycles. The third-order valence-electron chi connectivity index (χ3n) is 1.80. The first-order chi connectivity index (χ1) is 4.68. The van der Waals surface area contributed by atoms with Crippen LogP contribution in [0.5, 0.6) is 0 Å². The normalized spacial score (nSPS) is 15.8. The van der Waals surface area contributed by atoms with Crippen LogP contribution in [0.15, 0.2) is 0 Å². The van der Waals surface area contributed by atoms with Crippen LogP contribution in [-0.2, 0) is 0 Å². The zero-order valence-corrected chi connectivity index (χ0v) is 6.85. The van der Waals surface area contributed by atoms with Gasteiger partial charge in [0.2, 0.25) is 0 Å². The lowest BCUT2D eigenvalue weighted by atomic mass is 9.92. The van der Waals surface area contributed by atoms with Crippen LogP contribution >= 0.6 is 0 Å². The first-order valence-electron chi connectivity index (χ1n) is 3.84. The third-order valence-corrected chi connectivity index (χ3v) is 1.80. The summed E-state index contributed by atoms with van der Waals surface area (Å²) < 4.78 is 0. The van der Waals surface area contributed by atoms with Crippen LogP contribution < -0.4 is 0 Å². The van der Waals surface area contributed by atoms with Crippen LogP contribution in [0.2, 0.25) is 0 Å². The fraction of sp³-hybridized carbons (Fsp3) is 0.778. The first-order valence-corrected chi connectivity index (χ1v) is 3.84. The average molecular weight is 140 g/mol. The van der Waals surface area contributed by atoms with Crippen molar-refractivity contribution >= 4 is 0 Å². The Morgan fingerprint density at radius 1 is 1.50 bits per heavy atom. The Kier molecular flexibility index (Phi) is 4.14. The average Bonchev–Trinajstić information content (AvgIpc) is 1.89. The standard InChI is InChI=1S/C9H16O/c1-4-7-9(10,6-3)8-5-2/h1,10H,5-8H2,2-3H3. The predicted molar refractivity (Wildman–Crippen MR) is 43.6 cm³/mol. The maximum Gasteiger partial charge on any atom is 0.0753 e. The van der Waals surface area contributed by atoms with Gasteiger partial charge in [-0.3, -0.25) is 0 Å². The monoisotopic (exact) mass is 140 g/mol. The number of hydrogen-bond acceptors (Lipinski definition) is 1. The Hall–Kier alpha value is -0.480. The Morgan fingerprint density at radius 3 is 2.40 bits per heavy atom. The maximum atomic E-state index is 9.68. The summed E-state index contributed by atoms with van der Waals surface area (Å²) in [6.07, 6.45) is 8.15. The lowest BCUT2D eigenvalue weighted by Gasteiger charge is -2.23. The summed E-state index contributed by atoms with van der Waals surface area (Å²) in [4.78, 5) is 0. The Bertz CT molecular complexity index is 123. The molecule has 0 radical (unpaired) electrons.